The molecule has 1 aromatic rings. The van der Waals surface area contributed by atoms with Crippen molar-refractivity contribution in [1.29, 1.82) is 0 Å². The third-order valence-electron chi connectivity index (χ3n) is 3.88. The molecule has 0 spiro atoms. The minimum atomic E-state index is -0.0719. The molecular formula is C15H20N4O2. The lowest BCUT2D eigenvalue weighted by atomic mass is 10.3. The fraction of sp³-hybridized carbons (Fsp3) is 0.533. The van der Waals surface area contributed by atoms with Crippen LogP contribution in [0.5, 0.6) is 0 Å². The van der Waals surface area contributed by atoms with E-state index in [2.05, 4.69) is 15.2 Å². The molecule has 6 heteroatoms. The maximum atomic E-state index is 12.4. The molecular weight excluding hydrogens is 268 g/mol. The van der Waals surface area contributed by atoms with Crippen molar-refractivity contribution in [1.82, 2.24) is 20.1 Å². The fourth-order valence-corrected chi connectivity index (χ4v) is 2.58. The highest BCUT2D eigenvalue weighted by Crippen LogP contribution is 2.27. The summed E-state index contributed by atoms with van der Waals surface area (Å²) in [5.74, 6) is -0.0371. The third kappa shape index (κ3) is 3.78. The minimum absolute atomic E-state index is 0.0349. The molecule has 21 heavy (non-hydrogen) atoms. The molecule has 0 aromatic carbocycles. The van der Waals surface area contributed by atoms with Gasteiger partial charge in [0.2, 0.25) is 11.8 Å². The van der Waals surface area contributed by atoms with Crippen LogP contribution in [0.2, 0.25) is 0 Å². The summed E-state index contributed by atoms with van der Waals surface area (Å²) in [6.45, 7) is 2.40. The second-order valence-electron chi connectivity index (χ2n) is 5.62. The average molecular weight is 288 g/mol. The highest BCUT2D eigenvalue weighted by atomic mass is 16.2. The molecule has 1 aromatic heterocycles. The zero-order valence-corrected chi connectivity index (χ0v) is 12.0. The van der Waals surface area contributed by atoms with Crippen LogP contribution in [0.1, 0.15) is 18.5 Å². The number of rotatable bonds is 5. The van der Waals surface area contributed by atoms with Crippen LogP contribution >= 0.6 is 0 Å². The third-order valence-corrected chi connectivity index (χ3v) is 3.88. The summed E-state index contributed by atoms with van der Waals surface area (Å²) in [6, 6.07) is 6.32. The quantitative estimate of drug-likeness (QED) is 0.828. The number of piperazine rings is 1. The van der Waals surface area contributed by atoms with Crippen LogP contribution < -0.4 is 5.32 Å². The monoisotopic (exact) mass is 288 g/mol. The first-order chi connectivity index (χ1) is 10.2. The zero-order valence-electron chi connectivity index (χ0n) is 12.0. The second-order valence-corrected chi connectivity index (χ2v) is 5.62. The molecule has 2 fully saturated rings. The summed E-state index contributed by atoms with van der Waals surface area (Å²) in [7, 11) is 0. The van der Waals surface area contributed by atoms with Crippen molar-refractivity contribution >= 4 is 11.8 Å². The Balaban J connectivity index is 1.60. The van der Waals surface area contributed by atoms with Crippen LogP contribution in [0.15, 0.2) is 24.4 Å². The summed E-state index contributed by atoms with van der Waals surface area (Å²) in [5.41, 5.74) is 0.980. The molecule has 1 aliphatic heterocycles. The predicted molar refractivity (Wildman–Crippen MR) is 77.3 cm³/mol. The van der Waals surface area contributed by atoms with Crippen molar-refractivity contribution in [2.75, 3.05) is 26.2 Å². The predicted octanol–water partition coefficient (Wildman–Crippen LogP) is 0.00440. The lowest BCUT2D eigenvalue weighted by Gasteiger charge is -2.29. The van der Waals surface area contributed by atoms with Crippen molar-refractivity contribution in [2.24, 2.45) is 0 Å². The summed E-state index contributed by atoms with van der Waals surface area (Å²) in [5, 5.41) is 2.74. The number of nitrogens with zero attached hydrogens (tertiary/aromatic N) is 3. The van der Waals surface area contributed by atoms with E-state index in [0.29, 0.717) is 32.2 Å². The molecule has 0 unspecified atom stereocenters. The van der Waals surface area contributed by atoms with E-state index in [1.165, 1.54) is 0 Å². The fourth-order valence-electron chi connectivity index (χ4n) is 2.58. The number of hydrogen-bond acceptors (Lipinski definition) is 4. The SMILES string of the molecule is O=C1CN(C(=O)CN(Cc2ccccn2)C2CC2)CCN1. The van der Waals surface area contributed by atoms with E-state index < -0.39 is 0 Å². The topological polar surface area (TPSA) is 65.5 Å². The van der Waals surface area contributed by atoms with Gasteiger partial charge in [0.05, 0.1) is 18.8 Å². The van der Waals surface area contributed by atoms with Gasteiger partial charge in [0.15, 0.2) is 0 Å². The molecule has 1 saturated heterocycles. The Hall–Kier alpha value is -1.95. The van der Waals surface area contributed by atoms with Crippen molar-refractivity contribution in [3.63, 3.8) is 0 Å². The van der Waals surface area contributed by atoms with Gasteiger partial charge in [-0.05, 0) is 25.0 Å². The normalized spacial score (nSPS) is 18.7. The van der Waals surface area contributed by atoms with E-state index in [1.54, 1.807) is 11.1 Å². The largest absolute Gasteiger partial charge is 0.353 e. The van der Waals surface area contributed by atoms with Crippen LogP contribution in [-0.4, -0.2) is 58.8 Å². The Labute approximate surface area is 124 Å². The number of hydrogen-bond donors (Lipinski definition) is 1. The molecule has 3 rings (SSSR count). The van der Waals surface area contributed by atoms with Gasteiger partial charge >= 0.3 is 0 Å². The van der Waals surface area contributed by atoms with Crippen molar-refractivity contribution < 1.29 is 9.59 Å². The van der Waals surface area contributed by atoms with E-state index in [1.807, 2.05) is 18.2 Å². The van der Waals surface area contributed by atoms with E-state index in [4.69, 9.17) is 0 Å². The standard InChI is InChI=1S/C15H20N4O2/c20-14-10-18(8-7-17-14)15(21)11-19(13-4-5-13)9-12-3-1-2-6-16-12/h1-3,6,13H,4-5,7-11H2,(H,17,20). The summed E-state index contributed by atoms with van der Waals surface area (Å²) >= 11 is 0. The van der Waals surface area contributed by atoms with Crippen molar-refractivity contribution in [3.8, 4) is 0 Å². The van der Waals surface area contributed by atoms with Crippen LogP contribution in [-0.2, 0) is 16.1 Å². The summed E-state index contributed by atoms with van der Waals surface area (Å²) < 4.78 is 0. The molecule has 0 bridgehead atoms. The van der Waals surface area contributed by atoms with Crippen molar-refractivity contribution in [3.05, 3.63) is 30.1 Å². The Bertz CT molecular complexity index is 516. The van der Waals surface area contributed by atoms with E-state index in [9.17, 15) is 9.59 Å². The van der Waals surface area contributed by atoms with Gasteiger partial charge in [-0.1, -0.05) is 6.07 Å². The highest BCUT2D eigenvalue weighted by Gasteiger charge is 2.32. The smallest absolute Gasteiger partial charge is 0.239 e. The van der Waals surface area contributed by atoms with Crippen LogP contribution in [0, 0.1) is 0 Å². The van der Waals surface area contributed by atoms with Gasteiger partial charge in [-0.15, -0.1) is 0 Å². The lowest BCUT2D eigenvalue weighted by Crippen LogP contribution is -2.52. The number of pyridine rings is 1. The van der Waals surface area contributed by atoms with E-state index in [-0.39, 0.29) is 18.4 Å². The second kappa shape index (κ2) is 6.22. The molecule has 1 N–H and O–H groups in total. The van der Waals surface area contributed by atoms with Gasteiger partial charge in [-0.2, -0.15) is 0 Å². The molecule has 2 heterocycles. The van der Waals surface area contributed by atoms with Crippen LogP contribution in [0.25, 0.3) is 0 Å². The molecule has 0 atom stereocenters. The van der Waals surface area contributed by atoms with Gasteiger partial charge in [0, 0.05) is 31.9 Å². The number of carbonyl (C=O) groups is 2. The number of aromatic nitrogens is 1. The lowest BCUT2D eigenvalue weighted by molar-refractivity contribution is -0.139. The first kappa shape index (κ1) is 14.0. The van der Waals surface area contributed by atoms with Crippen LogP contribution in [0.3, 0.4) is 0 Å². The Morgan fingerprint density at radius 1 is 1.43 bits per heavy atom. The Morgan fingerprint density at radius 3 is 2.95 bits per heavy atom. The molecule has 2 amide bonds. The molecule has 2 aliphatic rings. The first-order valence-electron chi connectivity index (χ1n) is 7.41. The van der Waals surface area contributed by atoms with Gasteiger partial charge in [-0.25, -0.2) is 0 Å². The number of carbonyl (C=O) groups excluding carboxylic acids is 2. The summed E-state index contributed by atoms with van der Waals surface area (Å²) in [6.07, 6.45) is 4.05. The van der Waals surface area contributed by atoms with E-state index in [0.717, 1.165) is 18.5 Å². The first-order valence-corrected chi connectivity index (χ1v) is 7.41. The molecule has 6 nitrogen and oxygen atoms in total. The molecule has 0 radical (unpaired) electrons. The number of amides is 2. The zero-order chi connectivity index (χ0) is 14.7. The van der Waals surface area contributed by atoms with Gasteiger partial charge in [0.1, 0.15) is 0 Å². The molecule has 1 aliphatic carbocycles. The molecule has 1 saturated carbocycles. The van der Waals surface area contributed by atoms with Gasteiger partial charge < -0.3 is 10.2 Å². The summed E-state index contributed by atoms with van der Waals surface area (Å²) in [4.78, 5) is 31.9. The highest BCUT2D eigenvalue weighted by molar-refractivity contribution is 5.86. The average Bonchev–Trinajstić information content (AvgIpc) is 3.32. The van der Waals surface area contributed by atoms with Gasteiger partial charge in [-0.3, -0.25) is 19.5 Å². The maximum absolute atomic E-state index is 12.4. The Morgan fingerprint density at radius 2 is 2.29 bits per heavy atom. The van der Waals surface area contributed by atoms with Gasteiger partial charge in [0.25, 0.3) is 0 Å². The Kier molecular flexibility index (Phi) is 4.15. The molecule has 112 valence electrons. The number of nitrogens with one attached hydrogen (secondary N) is 1. The van der Waals surface area contributed by atoms with Crippen molar-refractivity contribution in [2.45, 2.75) is 25.4 Å². The maximum Gasteiger partial charge on any atom is 0.239 e. The van der Waals surface area contributed by atoms with Crippen LogP contribution in [0.4, 0.5) is 0 Å². The van der Waals surface area contributed by atoms with E-state index >= 15 is 0 Å². The minimum Gasteiger partial charge on any atom is -0.353 e.